The van der Waals surface area contributed by atoms with E-state index >= 15 is 4.79 Å². The minimum atomic E-state index is -3.15. The highest BCUT2D eigenvalue weighted by Gasteiger charge is 2.66. The Balaban J connectivity index is 1.32. The maximum atomic E-state index is 15.3. The van der Waals surface area contributed by atoms with Crippen LogP contribution in [0.4, 0.5) is 17.1 Å². The fourth-order valence-corrected chi connectivity index (χ4v) is 12.1. The first-order chi connectivity index (χ1) is 28.9. The quantitative estimate of drug-likeness (QED) is 0.0766. The van der Waals surface area contributed by atoms with Gasteiger partial charge in [0.1, 0.15) is 5.75 Å². The molecule has 4 N–H and O–H groups in total. The average molecular weight is 835 g/mol. The molecule has 5 atom stereocenters. The van der Waals surface area contributed by atoms with Crippen LogP contribution in [0.15, 0.2) is 97.1 Å². The van der Waals surface area contributed by atoms with E-state index in [4.69, 9.17) is 9.47 Å². The number of benzene rings is 4. The van der Waals surface area contributed by atoms with Gasteiger partial charge in [-0.05, 0) is 98.9 Å². The SMILES string of the molecule is CCOc1ccc2c(c1)CC(NCCCCO)C(=O)N2c1ccc2c(c1)[C@@]1(O[C@H](CC(=O)N(CCO)Cc3ccccc3)[C@@H]([Si](C)(C)O)[C@@H]1C)C(=O)N2Cc1ccccc1. The van der Waals surface area contributed by atoms with Crippen molar-refractivity contribution in [3.05, 3.63) is 119 Å². The topological polar surface area (TPSA) is 152 Å². The van der Waals surface area contributed by atoms with Crippen LogP contribution in [0.2, 0.25) is 18.6 Å². The van der Waals surface area contributed by atoms with Gasteiger partial charge in [-0.3, -0.25) is 19.3 Å². The molecule has 0 aromatic heterocycles. The van der Waals surface area contributed by atoms with Crippen LogP contribution in [-0.4, -0.2) is 91.0 Å². The molecular formula is C47H58N4O8Si. The normalized spacial score (nSPS) is 22.3. The number of nitrogens with one attached hydrogen (secondary N) is 1. The van der Waals surface area contributed by atoms with E-state index in [-0.39, 0.29) is 50.4 Å². The van der Waals surface area contributed by atoms with Gasteiger partial charge in [0.25, 0.3) is 5.91 Å². The summed E-state index contributed by atoms with van der Waals surface area (Å²) in [6.45, 7) is 9.12. The molecule has 318 valence electrons. The number of aliphatic hydroxyl groups excluding tert-OH is 2. The van der Waals surface area contributed by atoms with E-state index in [0.29, 0.717) is 67.3 Å². The molecule has 3 amide bonds. The largest absolute Gasteiger partial charge is 0.494 e. The first-order valence-electron chi connectivity index (χ1n) is 21.2. The number of aliphatic hydroxyl groups is 2. The zero-order valence-electron chi connectivity index (χ0n) is 35.0. The van der Waals surface area contributed by atoms with Crippen molar-refractivity contribution in [2.75, 3.05) is 42.7 Å². The molecule has 3 aliphatic heterocycles. The third kappa shape index (κ3) is 8.52. The van der Waals surface area contributed by atoms with Gasteiger partial charge in [0.05, 0.1) is 49.7 Å². The van der Waals surface area contributed by atoms with E-state index in [1.165, 1.54) is 0 Å². The van der Waals surface area contributed by atoms with Crippen LogP contribution < -0.4 is 19.9 Å². The van der Waals surface area contributed by atoms with E-state index < -0.39 is 37.5 Å². The Morgan fingerprint density at radius 3 is 2.30 bits per heavy atom. The van der Waals surface area contributed by atoms with Gasteiger partial charge in [-0.25, -0.2) is 0 Å². The molecule has 1 fully saturated rings. The van der Waals surface area contributed by atoms with Gasteiger partial charge >= 0.3 is 0 Å². The molecule has 1 spiro atoms. The molecule has 1 saturated heterocycles. The molecule has 3 aliphatic rings. The molecule has 1 unspecified atom stereocenters. The van der Waals surface area contributed by atoms with Gasteiger partial charge in [-0.2, -0.15) is 0 Å². The summed E-state index contributed by atoms with van der Waals surface area (Å²) in [7, 11) is -3.15. The maximum Gasteiger partial charge on any atom is 0.264 e. The molecule has 7 rings (SSSR count). The van der Waals surface area contributed by atoms with E-state index in [2.05, 4.69) is 5.32 Å². The van der Waals surface area contributed by atoms with Crippen molar-refractivity contribution >= 4 is 43.1 Å². The number of amides is 3. The first kappa shape index (κ1) is 43.2. The van der Waals surface area contributed by atoms with E-state index in [1.807, 2.05) is 124 Å². The van der Waals surface area contributed by atoms with Gasteiger partial charge in [-0.15, -0.1) is 0 Å². The monoisotopic (exact) mass is 834 g/mol. The molecule has 4 aromatic rings. The summed E-state index contributed by atoms with van der Waals surface area (Å²) in [5, 5.41) is 22.8. The number of fused-ring (bicyclic) bond motifs is 3. The van der Waals surface area contributed by atoms with Gasteiger partial charge in [0.2, 0.25) is 11.8 Å². The highest BCUT2D eigenvalue weighted by molar-refractivity contribution is 6.71. The third-order valence-electron chi connectivity index (χ3n) is 12.2. The lowest BCUT2D eigenvalue weighted by atomic mass is 9.82. The van der Waals surface area contributed by atoms with E-state index in [1.54, 1.807) is 14.7 Å². The summed E-state index contributed by atoms with van der Waals surface area (Å²) in [5.74, 6) is -0.523. The lowest BCUT2D eigenvalue weighted by Gasteiger charge is -2.36. The molecule has 0 aliphatic carbocycles. The summed E-state index contributed by atoms with van der Waals surface area (Å²) in [6.07, 6.45) is 0.880. The number of carbonyl (C=O) groups excluding carboxylic acids is 3. The van der Waals surface area contributed by atoms with Crippen molar-refractivity contribution < 1.29 is 38.9 Å². The predicted molar refractivity (Wildman–Crippen MR) is 233 cm³/mol. The number of anilines is 3. The van der Waals surface area contributed by atoms with Crippen molar-refractivity contribution in [1.29, 1.82) is 0 Å². The minimum Gasteiger partial charge on any atom is -0.494 e. The average Bonchev–Trinajstić information content (AvgIpc) is 3.65. The summed E-state index contributed by atoms with van der Waals surface area (Å²) >= 11 is 0. The smallest absolute Gasteiger partial charge is 0.264 e. The van der Waals surface area contributed by atoms with Gasteiger partial charge in [-0.1, -0.05) is 67.6 Å². The second-order valence-corrected chi connectivity index (χ2v) is 20.7. The zero-order chi connectivity index (χ0) is 42.6. The first-order valence-corrected chi connectivity index (χ1v) is 24.2. The Morgan fingerprint density at radius 1 is 0.933 bits per heavy atom. The number of carbonyl (C=O) groups is 3. The van der Waals surface area contributed by atoms with Crippen LogP contribution in [0.3, 0.4) is 0 Å². The van der Waals surface area contributed by atoms with Crippen LogP contribution in [0.5, 0.6) is 5.75 Å². The Morgan fingerprint density at radius 2 is 1.63 bits per heavy atom. The van der Waals surface area contributed by atoms with Crippen LogP contribution in [0.25, 0.3) is 0 Å². The van der Waals surface area contributed by atoms with Crippen molar-refractivity contribution in [2.24, 2.45) is 5.92 Å². The fraction of sp³-hybridized carbons (Fsp3) is 0.426. The number of unbranched alkanes of at least 4 members (excludes halogenated alkanes) is 1. The molecule has 4 aromatic carbocycles. The second-order valence-electron chi connectivity index (χ2n) is 16.7. The van der Waals surface area contributed by atoms with Crippen molar-refractivity contribution in [1.82, 2.24) is 10.2 Å². The molecule has 60 heavy (non-hydrogen) atoms. The summed E-state index contributed by atoms with van der Waals surface area (Å²) in [4.78, 5) is 61.2. The molecule has 0 saturated carbocycles. The Hall–Kier alpha value is -4.89. The zero-order valence-corrected chi connectivity index (χ0v) is 36.0. The standard InChI is InChI=1S/C47H58N4O8Si/c1-5-58-37-19-21-40-35(26-37)27-39(48-22-12-13-24-52)45(55)51(40)36-18-20-41-38(28-36)47(46(56)50(41)31-34-16-10-7-11-17-34)32(2)44(60(3,4)57)42(59-47)29-43(54)49(23-25-53)30-33-14-8-6-9-15-33/h6-11,14-21,26,28,32,39,42,44,48,52-53,57H,5,12-13,22-25,27,29-31H2,1-4H3/t32-,39?,42+,44-,47+/m0/s1. The second kappa shape index (κ2) is 18.4. The predicted octanol–water partition coefficient (Wildman–Crippen LogP) is 5.79. The Kier molecular flexibility index (Phi) is 13.2. The van der Waals surface area contributed by atoms with E-state index in [0.717, 1.165) is 16.7 Å². The fourth-order valence-electron chi connectivity index (χ4n) is 9.57. The summed E-state index contributed by atoms with van der Waals surface area (Å²) in [6, 6.07) is 30.1. The number of hydrogen-bond donors (Lipinski definition) is 4. The van der Waals surface area contributed by atoms with Crippen LogP contribution >= 0.6 is 0 Å². The summed E-state index contributed by atoms with van der Waals surface area (Å²) in [5.41, 5.74) is 3.17. The molecule has 13 heteroatoms. The number of nitrogens with zero attached hydrogens (tertiary/aromatic N) is 3. The van der Waals surface area contributed by atoms with Gasteiger partial charge in [0.15, 0.2) is 13.9 Å². The molecule has 0 bridgehead atoms. The maximum absolute atomic E-state index is 15.3. The third-order valence-corrected chi connectivity index (χ3v) is 14.7. The minimum absolute atomic E-state index is 0.0742. The number of hydrogen-bond acceptors (Lipinski definition) is 9. The van der Waals surface area contributed by atoms with Gasteiger partial charge in [0, 0.05) is 42.4 Å². The Labute approximate surface area is 353 Å². The van der Waals surface area contributed by atoms with Crippen molar-refractivity contribution in [3.63, 3.8) is 0 Å². The van der Waals surface area contributed by atoms with Crippen LogP contribution in [0.1, 0.15) is 55.4 Å². The molecule has 3 heterocycles. The molecular weight excluding hydrogens is 777 g/mol. The van der Waals surface area contributed by atoms with Crippen LogP contribution in [-0.2, 0) is 44.2 Å². The number of ether oxygens (including phenoxy) is 2. The lowest BCUT2D eigenvalue weighted by Crippen LogP contribution is -2.49. The lowest BCUT2D eigenvalue weighted by molar-refractivity contribution is -0.150. The number of rotatable bonds is 17. The molecule has 0 radical (unpaired) electrons. The highest BCUT2D eigenvalue weighted by Crippen LogP contribution is 2.60. The highest BCUT2D eigenvalue weighted by atomic mass is 28.4. The van der Waals surface area contributed by atoms with Crippen molar-refractivity contribution in [3.8, 4) is 5.75 Å². The molecule has 12 nitrogen and oxygen atoms in total. The van der Waals surface area contributed by atoms with Crippen molar-refractivity contribution in [2.45, 2.75) is 89.0 Å². The Bertz CT molecular complexity index is 2150. The van der Waals surface area contributed by atoms with Gasteiger partial charge < -0.3 is 39.6 Å². The summed E-state index contributed by atoms with van der Waals surface area (Å²) < 4.78 is 13.0. The van der Waals surface area contributed by atoms with Crippen LogP contribution in [0, 0.1) is 5.92 Å². The van der Waals surface area contributed by atoms with E-state index in [9.17, 15) is 24.6 Å².